The topological polar surface area (TPSA) is 72.6 Å². The molecule has 0 N–H and O–H groups in total. The maximum Gasteiger partial charge on any atom is 0.254 e. The van der Waals surface area contributed by atoms with Crippen LogP contribution in [0.5, 0.6) is 0 Å². The van der Waals surface area contributed by atoms with Crippen LogP contribution in [-0.2, 0) is 4.74 Å². The summed E-state index contributed by atoms with van der Waals surface area (Å²) < 4.78 is 7.67. The zero-order chi connectivity index (χ0) is 20.0. The third kappa shape index (κ3) is 3.37. The van der Waals surface area contributed by atoms with Gasteiger partial charge in [0.1, 0.15) is 12.4 Å². The van der Waals surface area contributed by atoms with Crippen LogP contribution in [0.15, 0.2) is 48.8 Å². The number of hydrogen-bond donors (Lipinski definition) is 0. The SMILES string of the molecule is Cc1cc(C2CN(C(=O)c3ccc4cc(P)ccc4c3)CCO2)n2ncnc2n1. The summed E-state index contributed by atoms with van der Waals surface area (Å²) in [5.74, 6) is 0.547. The van der Waals surface area contributed by atoms with Crippen molar-refractivity contribution in [3.05, 3.63) is 65.7 Å². The van der Waals surface area contributed by atoms with Gasteiger partial charge in [-0.05, 0) is 47.3 Å². The van der Waals surface area contributed by atoms with E-state index in [-0.39, 0.29) is 12.0 Å². The molecule has 0 spiro atoms. The quantitative estimate of drug-likeness (QED) is 0.479. The maximum absolute atomic E-state index is 13.2. The van der Waals surface area contributed by atoms with E-state index < -0.39 is 0 Å². The predicted octanol–water partition coefficient (Wildman–Crippen LogP) is 2.30. The lowest BCUT2D eigenvalue weighted by atomic mass is 10.1. The van der Waals surface area contributed by atoms with Crippen molar-refractivity contribution in [3.8, 4) is 0 Å². The zero-order valence-electron chi connectivity index (χ0n) is 15.9. The second kappa shape index (κ2) is 7.17. The van der Waals surface area contributed by atoms with E-state index >= 15 is 0 Å². The minimum Gasteiger partial charge on any atom is -0.368 e. The zero-order valence-corrected chi connectivity index (χ0v) is 17.1. The number of morpholine rings is 1. The van der Waals surface area contributed by atoms with Crippen molar-refractivity contribution in [2.45, 2.75) is 13.0 Å². The van der Waals surface area contributed by atoms with E-state index in [2.05, 4.69) is 30.4 Å². The maximum atomic E-state index is 13.2. The molecule has 2 aromatic heterocycles. The summed E-state index contributed by atoms with van der Waals surface area (Å²) in [6, 6.07) is 14.0. The van der Waals surface area contributed by atoms with Gasteiger partial charge in [0.25, 0.3) is 11.7 Å². The van der Waals surface area contributed by atoms with E-state index in [1.165, 1.54) is 6.33 Å². The van der Waals surface area contributed by atoms with Gasteiger partial charge >= 0.3 is 0 Å². The lowest BCUT2D eigenvalue weighted by Crippen LogP contribution is -2.42. The van der Waals surface area contributed by atoms with Gasteiger partial charge in [-0.2, -0.15) is 14.6 Å². The van der Waals surface area contributed by atoms with Crippen LogP contribution in [0.1, 0.15) is 27.8 Å². The second-order valence-corrected chi connectivity index (χ2v) is 7.89. The Labute approximate surface area is 169 Å². The number of ether oxygens (including phenoxy) is 1. The van der Waals surface area contributed by atoms with E-state index in [1.54, 1.807) is 4.52 Å². The number of carbonyl (C=O) groups excluding carboxylic acids is 1. The highest BCUT2D eigenvalue weighted by molar-refractivity contribution is 7.27. The Bertz CT molecular complexity index is 1240. The number of rotatable bonds is 2. The Morgan fingerprint density at radius 3 is 2.90 bits per heavy atom. The molecule has 4 aromatic rings. The summed E-state index contributed by atoms with van der Waals surface area (Å²) in [6.07, 6.45) is 1.20. The molecule has 1 fully saturated rings. The molecule has 0 bridgehead atoms. The number of aryl methyl sites for hydroxylation is 1. The Morgan fingerprint density at radius 2 is 2.00 bits per heavy atom. The number of benzene rings is 2. The molecule has 146 valence electrons. The third-order valence-electron chi connectivity index (χ3n) is 5.20. The first-order valence-corrected chi connectivity index (χ1v) is 10.0. The molecule has 1 aliphatic rings. The van der Waals surface area contributed by atoms with Crippen molar-refractivity contribution >= 4 is 37.0 Å². The second-order valence-electron chi connectivity index (χ2n) is 7.23. The number of amides is 1. The summed E-state index contributed by atoms with van der Waals surface area (Å²) in [5, 5.41) is 7.56. The minimum atomic E-state index is -0.279. The van der Waals surface area contributed by atoms with Crippen LogP contribution >= 0.6 is 9.24 Å². The summed E-state index contributed by atoms with van der Waals surface area (Å²) >= 11 is 0. The summed E-state index contributed by atoms with van der Waals surface area (Å²) in [4.78, 5) is 23.6. The van der Waals surface area contributed by atoms with Gasteiger partial charge < -0.3 is 9.64 Å². The largest absolute Gasteiger partial charge is 0.368 e. The predicted molar refractivity (Wildman–Crippen MR) is 113 cm³/mol. The minimum absolute atomic E-state index is 0.00997. The molecular formula is C21H20N5O2P. The smallest absolute Gasteiger partial charge is 0.254 e. The van der Waals surface area contributed by atoms with Gasteiger partial charge in [0.15, 0.2) is 0 Å². The molecule has 0 aliphatic carbocycles. The average Bonchev–Trinajstić information content (AvgIpc) is 3.20. The molecule has 0 radical (unpaired) electrons. The number of aromatic nitrogens is 4. The Morgan fingerprint density at radius 1 is 1.17 bits per heavy atom. The van der Waals surface area contributed by atoms with Crippen molar-refractivity contribution in [2.24, 2.45) is 0 Å². The van der Waals surface area contributed by atoms with Crippen LogP contribution in [0.4, 0.5) is 0 Å². The summed E-state index contributed by atoms with van der Waals surface area (Å²) in [5.41, 5.74) is 2.39. The molecule has 7 nitrogen and oxygen atoms in total. The lowest BCUT2D eigenvalue weighted by Gasteiger charge is -2.33. The molecule has 2 aromatic carbocycles. The van der Waals surface area contributed by atoms with Gasteiger partial charge in [0.2, 0.25) is 0 Å². The van der Waals surface area contributed by atoms with E-state index in [4.69, 9.17) is 4.74 Å². The number of hydrogen-bond acceptors (Lipinski definition) is 5. The van der Waals surface area contributed by atoms with E-state index in [0.29, 0.717) is 31.0 Å². The molecule has 29 heavy (non-hydrogen) atoms. The van der Waals surface area contributed by atoms with E-state index in [9.17, 15) is 4.79 Å². The molecule has 1 aliphatic heterocycles. The van der Waals surface area contributed by atoms with E-state index in [1.807, 2.05) is 48.2 Å². The molecule has 1 saturated heterocycles. The lowest BCUT2D eigenvalue weighted by molar-refractivity contribution is -0.0257. The van der Waals surface area contributed by atoms with Crippen LogP contribution in [-0.4, -0.2) is 50.1 Å². The van der Waals surface area contributed by atoms with Gasteiger partial charge in [0, 0.05) is 17.8 Å². The van der Waals surface area contributed by atoms with E-state index in [0.717, 1.165) is 27.5 Å². The van der Waals surface area contributed by atoms with Crippen LogP contribution < -0.4 is 5.30 Å². The van der Waals surface area contributed by atoms with Gasteiger partial charge in [0.05, 0.1) is 18.8 Å². The van der Waals surface area contributed by atoms with Gasteiger partial charge in [-0.15, -0.1) is 9.24 Å². The monoisotopic (exact) mass is 405 g/mol. The van der Waals surface area contributed by atoms with Crippen molar-refractivity contribution in [3.63, 3.8) is 0 Å². The van der Waals surface area contributed by atoms with Crippen molar-refractivity contribution in [2.75, 3.05) is 19.7 Å². The standard InChI is InChI=1S/C21H20N5O2P/c1-13-8-18(26-21(24-13)22-12-23-26)19-11-25(6-7-28-19)20(27)16-3-2-15-10-17(29)5-4-14(15)9-16/h2-5,8-10,12,19H,6-7,11,29H2,1H3. The van der Waals surface area contributed by atoms with Crippen LogP contribution in [0.2, 0.25) is 0 Å². The van der Waals surface area contributed by atoms with Crippen LogP contribution in [0.25, 0.3) is 16.6 Å². The fourth-order valence-electron chi connectivity index (χ4n) is 3.78. The Hall–Kier alpha value is -2.89. The highest BCUT2D eigenvalue weighted by Gasteiger charge is 2.28. The number of carbonyl (C=O) groups is 1. The van der Waals surface area contributed by atoms with Crippen molar-refractivity contribution in [1.29, 1.82) is 0 Å². The first-order valence-electron chi connectivity index (χ1n) is 9.46. The summed E-state index contributed by atoms with van der Waals surface area (Å²) in [7, 11) is 2.70. The molecule has 8 heteroatoms. The molecule has 2 unspecified atom stereocenters. The van der Waals surface area contributed by atoms with Crippen LogP contribution in [0.3, 0.4) is 0 Å². The van der Waals surface area contributed by atoms with Gasteiger partial charge in [-0.3, -0.25) is 4.79 Å². The molecular weight excluding hydrogens is 385 g/mol. The molecule has 2 atom stereocenters. The van der Waals surface area contributed by atoms with Gasteiger partial charge in [-0.1, -0.05) is 18.2 Å². The normalized spacial score (nSPS) is 17.2. The first-order chi connectivity index (χ1) is 14.1. The average molecular weight is 405 g/mol. The molecule has 0 saturated carbocycles. The molecule has 5 rings (SSSR count). The summed E-state index contributed by atoms with van der Waals surface area (Å²) in [6.45, 7) is 3.40. The van der Waals surface area contributed by atoms with Crippen molar-refractivity contribution < 1.29 is 9.53 Å². The fraction of sp³-hybridized carbons (Fsp3) is 0.238. The van der Waals surface area contributed by atoms with Crippen LogP contribution in [0, 0.1) is 6.92 Å². The highest BCUT2D eigenvalue weighted by Crippen LogP contribution is 2.25. The number of nitrogens with zero attached hydrogens (tertiary/aromatic N) is 5. The molecule has 3 heterocycles. The Kier molecular flexibility index (Phi) is 4.49. The van der Waals surface area contributed by atoms with Crippen molar-refractivity contribution in [1.82, 2.24) is 24.5 Å². The fourth-order valence-corrected chi connectivity index (χ4v) is 4.06. The Balaban J connectivity index is 1.43. The highest BCUT2D eigenvalue weighted by atomic mass is 31.0. The number of fused-ring (bicyclic) bond motifs is 2. The molecule has 1 amide bonds. The third-order valence-corrected chi connectivity index (χ3v) is 5.56. The first kappa shape index (κ1) is 18.2. The van der Waals surface area contributed by atoms with Gasteiger partial charge in [-0.25, -0.2) is 4.98 Å².